The highest BCUT2D eigenvalue weighted by atomic mass is 16.2. The minimum absolute atomic E-state index is 0.0695. The standard InChI is InChI=1S/C15H19NO2/c1-10-5-6-12-11(9-10)13(17)7-8-16(12)14(18)15(2,3)4/h5-6,9H,7-8H2,1-4H3. The number of fused-ring (bicyclic) bond motifs is 1. The van der Waals surface area contributed by atoms with Crippen molar-refractivity contribution in [3.63, 3.8) is 0 Å². The van der Waals surface area contributed by atoms with Crippen LogP contribution in [0.4, 0.5) is 5.69 Å². The van der Waals surface area contributed by atoms with Crippen LogP contribution in [0, 0.1) is 12.3 Å². The van der Waals surface area contributed by atoms with Gasteiger partial charge in [0, 0.05) is 23.9 Å². The fourth-order valence-electron chi connectivity index (χ4n) is 2.19. The number of carbonyl (C=O) groups excluding carboxylic acids is 2. The van der Waals surface area contributed by atoms with E-state index in [-0.39, 0.29) is 11.7 Å². The predicted octanol–water partition coefficient (Wildman–Crippen LogP) is 2.96. The van der Waals surface area contributed by atoms with E-state index in [4.69, 9.17) is 0 Å². The zero-order chi connectivity index (χ0) is 13.5. The van der Waals surface area contributed by atoms with Crippen LogP contribution in [-0.4, -0.2) is 18.2 Å². The van der Waals surface area contributed by atoms with Crippen LogP contribution in [0.3, 0.4) is 0 Å². The van der Waals surface area contributed by atoms with Crippen LogP contribution in [0.25, 0.3) is 0 Å². The number of hydrogen-bond acceptors (Lipinski definition) is 2. The Morgan fingerprint density at radius 2 is 1.94 bits per heavy atom. The van der Waals surface area contributed by atoms with Gasteiger partial charge in [0.15, 0.2) is 5.78 Å². The summed E-state index contributed by atoms with van der Waals surface area (Å²) in [6.45, 7) is 8.15. The van der Waals surface area contributed by atoms with E-state index in [1.54, 1.807) is 4.90 Å². The summed E-state index contributed by atoms with van der Waals surface area (Å²) < 4.78 is 0. The first-order valence-electron chi connectivity index (χ1n) is 6.26. The van der Waals surface area contributed by atoms with Crippen molar-refractivity contribution < 1.29 is 9.59 Å². The average molecular weight is 245 g/mol. The van der Waals surface area contributed by atoms with E-state index in [1.807, 2.05) is 45.9 Å². The van der Waals surface area contributed by atoms with Gasteiger partial charge < -0.3 is 4.90 Å². The number of aryl methyl sites for hydroxylation is 1. The Balaban J connectivity index is 2.47. The Morgan fingerprint density at radius 3 is 2.56 bits per heavy atom. The molecule has 0 saturated heterocycles. The lowest BCUT2D eigenvalue weighted by molar-refractivity contribution is -0.125. The number of anilines is 1. The van der Waals surface area contributed by atoms with Crippen molar-refractivity contribution >= 4 is 17.4 Å². The molecule has 0 saturated carbocycles. The maximum absolute atomic E-state index is 12.4. The van der Waals surface area contributed by atoms with E-state index < -0.39 is 5.41 Å². The number of carbonyl (C=O) groups is 2. The fourth-order valence-corrected chi connectivity index (χ4v) is 2.19. The fraction of sp³-hybridized carbons (Fsp3) is 0.467. The molecule has 1 heterocycles. The van der Waals surface area contributed by atoms with Gasteiger partial charge in [0.05, 0.1) is 5.69 Å². The van der Waals surface area contributed by atoms with E-state index in [9.17, 15) is 9.59 Å². The maximum Gasteiger partial charge on any atom is 0.232 e. The Labute approximate surface area is 108 Å². The summed E-state index contributed by atoms with van der Waals surface area (Å²) in [5.41, 5.74) is 2.06. The van der Waals surface area contributed by atoms with Crippen molar-refractivity contribution in [2.45, 2.75) is 34.1 Å². The minimum atomic E-state index is -0.428. The summed E-state index contributed by atoms with van der Waals surface area (Å²) in [6.07, 6.45) is 0.415. The number of amides is 1. The molecule has 1 aliphatic rings. The monoisotopic (exact) mass is 245 g/mol. The van der Waals surface area contributed by atoms with Gasteiger partial charge in [0.25, 0.3) is 0 Å². The summed E-state index contributed by atoms with van der Waals surface area (Å²) in [5.74, 6) is 0.201. The third-order valence-electron chi connectivity index (χ3n) is 3.19. The highest BCUT2D eigenvalue weighted by Crippen LogP contribution is 2.31. The zero-order valence-corrected chi connectivity index (χ0v) is 11.4. The molecule has 0 bridgehead atoms. The molecular weight excluding hydrogens is 226 g/mol. The van der Waals surface area contributed by atoms with Crippen LogP contribution in [-0.2, 0) is 4.79 Å². The second-order valence-corrected chi connectivity index (χ2v) is 5.90. The molecule has 1 amide bonds. The third-order valence-corrected chi connectivity index (χ3v) is 3.19. The zero-order valence-electron chi connectivity index (χ0n) is 11.4. The van der Waals surface area contributed by atoms with E-state index in [2.05, 4.69) is 0 Å². The summed E-state index contributed by atoms with van der Waals surface area (Å²) in [6, 6.07) is 5.70. The lowest BCUT2D eigenvalue weighted by Gasteiger charge is -2.33. The summed E-state index contributed by atoms with van der Waals surface area (Å²) >= 11 is 0. The van der Waals surface area contributed by atoms with E-state index in [0.29, 0.717) is 18.5 Å². The van der Waals surface area contributed by atoms with Gasteiger partial charge in [-0.3, -0.25) is 9.59 Å². The Morgan fingerprint density at radius 1 is 1.28 bits per heavy atom. The maximum atomic E-state index is 12.4. The van der Waals surface area contributed by atoms with E-state index in [1.165, 1.54) is 0 Å². The van der Waals surface area contributed by atoms with Gasteiger partial charge in [-0.25, -0.2) is 0 Å². The highest BCUT2D eigenvalue weighted by molar-refractivity contribution is 6.09. The molecule has 0 N–H and O–H groups in total. The normalized spacial score (nSPS) is 15.6. The molecule has 3 heteroatoms. The van der Waals surface area contributed by atoms with Crippen molar-refractivity contribution in [3.8, 4) is 0 Å². The van der Waals surface area contributed by atoms with Crippen LogP contribution in [0.5, 0.6) is 0 Å². The minimum Gasteiger partial charge on any atom is -0.311 e. The molecule has 0 atom stereocenters. The molecule has 1 aliphatic heterocycles. The first-order valence-corrected chi connectivity index (χ1v) is 6.26. The van der Waals surface area contributed by atoms with Crippen molar-refractivity contribution in [3.05, 3.63) is 29.3 Å². The van der Waals surface area contributed by atoms with Crippen molar-refractivity contribution in [2.24, 2.45) is 5.41 Å². The molecule has 0 aliphatic carbocycles. The lowest BCUT2D eigenvalue weighted by Crippen LogP contribution is -2.43. The predicted molar refractivity (Wildman–Crippen MR) is 71.9 cm³/mol. The van der Waals surface area contributed by atoms with Crippen LogP contribution in [0.1, 0.15) is 43.1 Å². The average Bonchev–Trinajstić information content (AvgIpc) is 2.28. The van der Waals surface area contributed by atoms with Crippen LogP contribution < -0.4 is 4.90 Å². The third kappa shape index (κ3) is 2.17. The van der Waals surface area contributed by atoms with Gasteiger partial charge in [-0.1, -0.05) is 32.4 Å². The quantitative estimate of drug-likeness (QED) is 0.704. The van der Waals surface area contributed by atoms with E-state index >= 15 is 0 Å². The molecule has 2 rings (SSSR count). The molecule has 0 unspecified atom stereocenters. The SMILES string of the molecule is Cc1ccc2c(c1)C(=O)CCN2C(=O)C(C)(C)C. The molecule has 96 valence electrons. The largest absolute Gasteiger partial charge is 0.311 e. The molecule has 0 radical (unpaired) electrons. The number of rotatable bonds is 0. The molecule has 1 aromatic carbocycles. The summed E-state index contributed by atoms with van der Waals surface area (Å²) in [7, 11) is 0. The van der Waals surface area contributed by atoms with Crippen molar-refractivity contribution in [2.75, 3.05) is 11.4 Å². The Bertz CT molecular complexity index is 512. The topological polar surface area (TPSA) is 37.4 Å². The molecule has 0 spiro atoms. The number of benzene rings is 1. The first kappa shape index (κ1) is 12.8. The number of nitrogens with zero attached hydrogens (tertiary/aromatic N) is 1. The van der Waals surface area contributed by atoms with Gasteiger partial charge in [-0.05, 0) is 19.1 Å². The van der Waals surface area contributed by atoms with Crippen LogP contribution in [0.15, 0.2) is 18.2 Å². The summed E-state index contributed by atoms with van der Waals surface area (Å²) in [4.78, 5) is 26.1. The van der Waals surface area contributed by atoms with Crippen molar-refractivity contribution in [1.82, 2.24) is 0 Å². The molecule has 3 nitrogen and oxygen atoms in total. The van der Waals surface area contributed by atoms with Gasteiger partial charge in [-0.2, -0.15) is 0 Å². The molecular formula is C15H19NO2. The lowest BCUT2D eigenvalue weighted by atomic mass is 9.91. The van der Waals surface area contributed by atoms with E-state index in [0.717, 1.165) is 11.3 Å². The van der Waals surface area contributed by atoms with Gasteiger partial charge in [-0.15, -0.1) is 0 Å². The number of Topliss-reactive ketones (excluding diaryl/α,β-unsaturated/α-hetero) is 1. The summed E-state index contributed by atoms with van der Waals surface area (Å²) in [5, 5.41) is 0. The number of ketones is 1. The molecule has 1 aromatic rings. The Kier molecular flexibility index (Phi) is 3.01. The van der Waals surface area contributed by atoms with Gasteiger partial charge >= 0.3 is 0 Å². The Hall–Kier alpha value is -1.64. The molecule has 0 aromatic heterocycles. The van der Waals surface area contributed by atoms with Crippen LogP contribution in [0.2, 0.25) is 0 Å². The van der Waals surface area contributed by atoms with Gasteiger partial charge in [0.2, 0.25) is 5.91 Å². The molecule has 0 fully saturated rings. The highest BCUT2D eigenvalue weighted by Gasteiger charge is 2.33. The van der Waals surface area contributed by atoms with Crippen LogP contribution >= 0.6 is 0 Å². The van der Waals surface area contributed by atoms with Gasteiger partial charge in [0.1, 0.15) is 0 Å². The molecule has 18 heavy (non-hydrogen) atoms. The number of hydrogen-bond donors (Lipinski definition) is 0. The smallest absolute Gasteiger partial charge is 0.232 e. The second kappa shape index (κ2) is 4.23. The first-order chi connectivity index (χ1) is 8.30. The second-order valence-electron chi connectivity index (χ2n) is 5.90. The van der Waals surface area contributed by atoms with Crippen molar-refractivity contribution in [1.29, 1.82) is 0 Å².